The van der Waals surface area contributed by atoms with Crippen molar-refractivity contribution in [3.63, 3.8) is 0 Å². The lowest BCUT2D eigenvalue weighted by molar-refractivity contribution is -0.383. The van der Waals surface area contributed by atoms with Crippen molar-refractivity contribution in [2.24, 2.45) is 0 Å². The van der Waals surface area contributed by atoms with E-state index in [1.54, 1.807) is 12.1 Å². The minimum atomic E-state index is -0.450. The van der Waals surface area contributed by atoms with Gasteiger partial charge in [0.15, 0.2) is 0 Å². The van der Waals surface area contributed by atoms with E-state index in [1.165, 1.54) is 6.07 Å². The molecule has 0 aromatic heterocycles. The molecule has 116 valence electrons. The van der Waals surface area contributed by atoms with Crippen molar-refractivity contribution in [2.45, 2.75) is 38.8 Å². The minimum absolute atomic E-state index is 0.0263. The second-order valence-corrected chi connectivity index (χ2v) is 5.52. The fraction of sp³-hybridized carbons (Fsp3) is 0.600. The number of benzene rings is 1. The lowest BCUT2D eigenvalue weighted by atomic mass is 10.1. The Balaban J connectivity index is 1.94. The normalized spacial score (nSPS) is 19.6. The highest BCUT2D eigenvalue weighted by Gasteiger charge is 2.21. The number of hydrogen-bond donors (Lipinski definition) is 1. The summed E-state index contributed by atoms with van der Waals surface area (Å²) in [6.07, 6.45) is 3.57. The highest BCUT2D eigenvalue weighted by Crippen LogP contribution is 2.24. The van der Waals surface area contributed by atoms with Gasteiger partial charge < -0.3 is 10.5 Å². The number of nitro benzene ring substituents is 1. The highest BCUT2D eigenvalue weighted by molar-refractivity contribution is 5.59. The summed E-state index contributed by atoms with van der Waals surface area (Å²) >= 11 is 0. The molecule has 0 aliphatic carbocycles. The molecule has 2 rings (SSSR count). The average Bonchev–Trinajstić information content (AvgIpc) is 2.45. The Morgan fingerprint density at radius 2 is 2.33 bits per heavy atom. The predicted octanol–water partition coefficient (Wildman–Crippen LogP) is 2.57. The van der Waals surface area contributed by atoms with Gasteiger partial charge in [0, 0.05) is 25.8 Å². The zero-order valence-corrected chi connectivity index (χ0v) is 12.5. The van der Waals surface area contributed by atoms with Gasteiger partial charge >= 0.3 is 0 Å². The van der Waals surface area contributed by atoms with Crippen LogP contribution in [0.15, 0.2) is 18.2 Å². The summed E-state index contributed by atoms with van der Waals surface area (Å²) in [5, 5.41) is 10.8. The van der Waals surface area contributed by atoms with Crippen molar-refractivity contribution in [1.82, 2.24) is 4.90 Å². The number of nitrogens with two attached hydrogens (primary N) is 1. The van der Waals surface area contributed by atoms with Gasteiger partial charge in [-0.05, 0) is 37.4 Å². The third-order valence-electron chi connectivity index (χ3n) is 3.71. The van der Waals surface area contributed by atoms with Crippen molar-refractivity contribution < 1.29 is 9.66 Å². The fourth-order valence-corrected chi connectivity index (χ4v) is 2.70. The summed E-state index contributed by atoms with van der Waals surface area (Å²) in [6.45, 7) is 5.62. The molecule has 6 nitrogen and oxygen atoms in total. The number of anilines is 1. The van der Waals surface area contributed by atoms with Crippen LogP contribution >= 0.6 is 0 Å². The molecular formula is C15H23N3O3. The second kappa shape index (κ2) is 7.38. The third-order valence-corrected chi connectivity index (χ3v) is 3.71. The SMILES string of the molecule is CCCOC1CCCN(Cc2ccc([N+](=O)[O-])c(N)c2)C1. The molecule has 1 unspecified atom stereocenters. The number of nitro groups is 1. The van der Waals surface area contributed by atoms with E-state index in [9.17, 15) is 10.1 Å². The quantitative estimate of drug-likeness (QED) is 0.495. The Labute approximate surface area is 125 Å². The number of nitrogen functional groups attached to an aromatic ring is 1. The molecule has 1 atom stereocenters. The molecule has 0 spiro atoms. The third kappa shape index (κ3) is 4.41. The van der Waals surface area contributed by atoms with Gasteiger partial charge in [0.1, 0.15) is 5.69 Å². The average molecular weight is 293 g/mol. The Kier molecular flexibility index (Phi) is 5.52. The van der Waals surface area contributed by atoms with Gasteiger partial charge in [0.25, 0.3) is 5.69 Å². The van der Waals surface area contributed by atoms with Crippen LogP contribution in [0.1, 0.15) is 31.7 Å². The van der Waals surface area contributed by atoms with Crippen molar-refractivity contribution in [1.29, 1.82) is 0 Å². The van der Waals surface area contributed by atoms with Crippen LogP contribution in [0.3, 0.4) is 0 Å². The molecule has 21 heavy (non-hydrogen) atoms. The van der Waals surface area contributed by atoms with Gasteiger partial charge in [-0.1, -0.05) is 13.0 Å². The Morgan fingerprint density at radius 3 is 3.00 bits per heavy atom. The first-order valence-corrected chi connectivity index (χ1v) is 7.47. The topological polar surface area (TPSA) is 81.6 Å². The minimum Gasteiger partial charge on any atom is -0.393 e. The van der Waals surface area contributed by atoms with E-state index in [0.717, 1.165) is 51.1 Å². The van der Waals surface area contributed by atoms with E-state index in [-0.39, 0.29) is 11.4 Å². The van der Waals surface area contributed by atoms with E-state index in [1.807, 2.05) is 0 Å². The molecule has 6 heteroatoms. The first kappa shape index (κ1) is 15.7. The maximum absolute atomic E-state index is 10.8. The zero-order chi connectivity index (χ0) is 15.2. The van der Waals surface area contributed by atoms with Gasteiger partial charge in [0.05, 0.1) is 11.0 Å². The number of piperidine rings is 1. The lowest BCUT2D eigenvalue weighted by Crippen LogP contribution is -2.39. The molecule has 0 saturated carbocycles. The summed E-state index contributed by atoms with van der Waals surface area (Å²) in [7, 11) is 0. The molecule has 1 aliphatic heterocycles. The molecule has 1 aliphatic rings. The highest BCUT2D eigenvalue weighted by atomic mass is 16.6. The van der Waals surface area contributed by atoms with Gasteiger partial charge in [-0.15, -0.1) is 0 Å². The molecule has 1 saturated heterocycles. The first-order chi connectivity index (χ1) is 10.1. The molecule has 2 N–H and O–H groups in total. The van der Waals surface area contributed by atoms with Crippen LogP contribution in [0, 0.1) is 10.1 Å². The van der Waals surface area contributed by atoms with Crippen LogP contribution < -0.4 is 5.73 Å². The van der Waals surface area contributed by atoms with Crippen LogP contribution in [-0.2, 0) is 11.3 Å². The fourth-order valence-electron chi connectivity index (χ4n) is 2.70. The van der Waals surface area contributed by atoms with E-state index >= 15 is 0 Å². The molecular weight excluding hydrogens is 270 g/mol. The Bertz CT molecular complexity index is 493. The van der Waals surface area contributed by atoms with Gasteiger partial charge in [-0.2, -0.15) is 0 Å². The van der Waals surface area contributed by atoms with Crippen LogP contribution in [0.4, 0.5) is 11.4 Å². The van der Waals surface area contributed by atoms with Crippen molar-refractivity contribution >= 4 is 11.4 Å². The van der Waals surface area contributed by atoms with Crippen molar-refractivity contribution in [2.75, 3.05) is 25.4 Å². The van der Waals surface area contributed by atoms with Crippen LogP contribution in [0.2, 0.25) is 0 Å². The Morgan fingerprint density at radius 1 is 1.52 bits per heavy atom. The van der Waals surface area contributed by atoms with Gasteiger partial charge in [0.2, 0.25) is 0 Å². The molecule has 1 heterocycles. The maximum Gasteiger partial charge on any atom is 0.292 e. The van der Waals surface area contributed by atoms with Gasteiger partial charge in [-0.3, -0.25) is 15.0 Å². The smallest absolute Gasteiger partial charge is 0.292 e. The molecule has 1 fully saturated rings. The monoisotopic (exact) mass is 293 g/mol. The molecule has 0 radical (unpaired) electrons. The number of likely N-dealkylation sites (tertiary alicyclic amines) is 1. The number of ether oxygens (including phenoxy) is 1. The molecule has 1 aromatic carbocycles. The van der Waals surface area contributed by atoms with Crippen LogP contribution in [-0.4, -0.2) is 35.6 Å². The summed E-state index contributed by atoms with van der Waals surface area (Å²) in [4.78, 5) is 12.6. The summed E-state index contributed by atoms with van der Waals surface area (Å²) in [5.41, 5.74) is 6.95. The maximum atomic E-state index is 10.8. The summed E-state index contributed by atoms with van der Waals surface area (Å²) in [5.74, 6) is 0. The Hall–Kier alpha value is -1.66. The van der Waals surface area contributed by atoms with E-state index in [2.05, 4.69) is 11.8 Å². The summed E-state index contributed by atoms with van der Waals surface area (Å²) in [6, 6.07) is 4.97. The van der Waals surface area contributed by atoms with Crippen molar-refractivity contribution in [3.8, 4) is 0 Å². The molecule has 0 bridgehead atoms. The number of hydrogen-bond acceptors (Lipinski definition) is 5. The zero-order valence-electron chi connectivity index (χ0n) is 12.5. The summed E-state index contributed by atoms with van der Waals surface area (Å²) < 4.78 is 5.82. The molecule has 0 amide bonds. The van der Waals surface area contributed by atoms with Crippen molar-refractivity contribution in [3.05, 3.63) is 33.9 Å². The number of rotatable bonds is 6. The van der Waals surface area contributed by atoms with Gasteiger partial charge in [-0.25, -0.2) is 0 Å². The second-order valence-electron chi connectivity index (χ2n) is 5.52. The van der Waals surface area contributed by atoms with Crippen LogP contribution in [0.25, 0.3) is 0 Å². The first-order valence-electron chi connectivity index (χ1n) is 7.47. The van der Waals surface area contributed by atoms with E-state index in [4.69, 9.17) is 10.5 Å². The van der Waals surface area contributed by atoms with Crippen LogP contribution in [0.5, 0.6) is 0 Å². The molecule has 1 aromatic rings. The number of nitrogens with zero attached hydrogens (tertiary/aromatic N) is 2. The lowest BCUT2D eigenvalue weighted by Gasteiger charge is -2.32. The largest absolute Gasteiger partial charge is 0.393 e. The van der Waals surface area contributed by atoms with E-state index in [0.29, 0.717) is 6.10 Å². The van der Waals surface area contributed by atoms with E-state index < -0.39 is 4.92 Å². The predicted molar refractivity (Wildman–Crippen MR) is 82.1 cm³/mol. The standard InChI is InChI=1S/C15H23N3O3/c1-2-8-21-13-4-3-7-17(11-13)10-12-5-6-15(18(19)20)14(16)9-12/h5-6,9,13H,2-4,7-8,10-11,16H2,1H3.